The van der Waals surface area contributed by atoms with Gasteiger partial charge in [0.05, 0.1) is 21.2 Å². The number of carbonyl (C=O) groups excluding carboxylic acids is 2. The monoisotopic (exact) mass is 526 g/mol. The minimum absolute atomic E-state index is 0.152. The number of nitrogens with one attached hydrogen (secondary N) is 1. The molecular weight excluding hydrogens is 503 g/mol. The van der Waals surface area contributed by atoms with Gasteiger partial charge < -0.3 is 14.6 Å². The number of para-hydroxylation sites is 1. The van der Waals surface area contributed by atoms with Crippen molar-refractivity contribution in [3.8, 4) is 0 Å². The summed E-state index contributed by atoms with van der Waals surface area (Å²) in [5.41, 5.74) is -1.21. The van der Waals surface area contributed by atoms with Crippen LogP contribution in [-0.4, -0.2) is 17.6 Å². The molecule has 2 fully saturated rings. The highest BCUT2D eigenvalue weighted by molar-refractivity contribution is 6.42. The Morgan fingerprint density at radius 3 is 2.53 bits per heavy atom. The number of rotatable bonds is 4. The van der Waals surface area contributed by atoms with Crippen LogP contribution in [0.1, 0.15) is 50.4 Å². The largest absolute Gasteiger partial charge is 0.422 e. The van der Waals surface area contributed by atoms with Crippen LogP contribution in [0.15, 0.2) is 62.9 Å². The van der Waals surface area contributed by atoms with Crippen molar-refractivity contribution in [3.63, 3.8) is 0 Å². The van der Waals surface area contributed by atoms with E-state index >= 15 is 0 Å². The van der Waals surface area contributed by atoms with Crippen molar-refractivity contribution in [2.45, 2.75) is 40.0 Å². The molecule has 2 aliphatic rings. The van der Waals surface area contributed by atoms with Crippen LogP contribution in [0.25, 0.3) is 11.0 Å². The van der Waals surface area contributed by atoms with Crippen LogP contribution in [-0.2, 0) is 9.63 Å². The molecule has 2 unspecified atom stereocenters. The van der Waals surface area contributed by atoms with Gasteiger partial charge in [-0.15, -0.1) is 0 Å². The zero-order valence-corrected chi connectivity index (χ0v) is 21.5. The van der Waals surface area contributed by atoms with Crippen LogP contribution in [0.2, 0.25) is 10.0 Å². The van der Waals surface area contributed by atoms with Crippen LogP contribution < -0.4 is 10.9 Å². The molecule has 0 radical (unpaired) electrons. The second-order valence-corrected chi connectivity index (χ2v) is 11.0. The third-order valence-corrected chi connectivity index (χ3v) is 9.18. The lowest BCUT2D eigenvalue weighted by molar-refractivity contribution is -0.130. The van der Waals surface area contributed by atoms with Crippen molar-refractivity contribution in [2.24, 2.45) is 21.4 Å². The number of nitrogens with zero attached hydrogens (tertiary/aromatic N) is 1. The Balaban J connectivity index is 1.41. The highest BCUT2D eigenvalue weighted by atomic mass is 35.5. The van der Waals surface area contributed by atoms with Crippen molar-refractivity contribution in [3.05, 3.63) is 74.6 Å². The van der Waals surface area contributed by atoms with Crippen molar-refractivity contribution in [1.29, 1.82) is 0 Å². The number of oxime groups is 1. The first kappa shape index (κ1) is 24.5. The Labute approximate surface area is 217 Å². The fourth-order valence-electron chi connectivity index (χ4n) is 5.70. The Kier molecular flexibility index (Phi) is 5.76. The number of halogens is 2. The Bertz CT molecular complexity index is 1510. The molecule has 1 aromatic heterocycles. The SMILES string of the molecule is CC12CCC(C(=O)Nc3ccc(Cl)c(Cl)c3)(CC1=NOC(=O)c1cc3ccccc3oc1=O)C2(C)C. The highest BCUT2D eigenvalue weighted by Crippen LogP contribution is 2.71. The van der Waals surface area contributed by atoms with Gasteiger partial charge >= 0.3 is 11.6 Å². The second kappa shape index (κ2) is 8.46. The molecule has 0 spiro atoms. The highest BCUT2D eigenvalue weighted by Gasteiger charge is 2.71. The fraction of sp³-hybridized carbons (Fsp3) is 0.333. The summed E-state index contributed by atoms with van der Waals surface area (Å²) in [4.78, 5) is 44.0. The van der Waals surface area contributed by atoms with Gasteiger partial charge in [0.1, 0.15) is 11.1 Å². The van der Waals surface area contributed by atoms with Crippen molar-refractivity contribution < 1.29 is 18.8 Å². The van der Waals surface area contributed by atoms with Gasteiger partial charge in [-0.25, -0.2) is 9.59 Å². The average molecular weight is 527 g/mol. The average Bonchev–Trinajstić information content (AvgIpc) is 3.15. The standard InChI is InChI=1S/C27H24Cl2N2O5/c1-25(2)26(3)10-11-27(25,24(34)30-16-8-9-18(28)19(29)13-16)14-21(26)31-36-23(33)17-12-15-6-4-5-7-20(15)35-22(17)32/h4-9,12-13H,10-11,14H2,1-3H3,(H,30,34). The molecule has 1 amide bonds. The molecule has 2 atom stereocenters. The fourth-order valence-corrected chi connectivity index (χ4v) is 6.00. The van der Waals surface area contributed by atoms with Crippen LogP contribution in [0, 0.1) is 16.2 Å². The number of anilines is 1. The quantitative estimate of drug-likeness (QED) is 0.238. The topological polar surface area (TPSA) is 98.0 Å². The van der Waals surface area contributed by atoms with E-state index in [1.807, 2.05) is 20.8 Å². The number of amides is 1. The first-order valence-electron chi connectivity index (χ1n) is 11.6. The minimum Gasteiger partial charge on any atom is -0.422 e. The van der Waals surface area contributed by atoms with Gasteiger partial charge in [0.2, 0.25) is 5.91 Å². The third kappa shape index (κ3) is 3.56. The maximum Gasteiger partial charge on any atom is 0.373 e. The van der Waals surface area contributed by atoms with Gasteiger partial charge in [0.25, 0.3) is 0 Å². The zero-order chi connectivity index (χ0) is 25.9. The molecule has 2 bridgehead atoms. The molecule has 186 valence electrons. The third-order valence-electron chi connectivity index (χ3n) is 8.45. The Morgan fingerprint density at radius 1 is 1.03 bits per heavy atom. The van der Waals surface area contributed by atoms with E-state index in [-0.39, 0.29) is 11.5 Å². The molecule has 7 nitrogen and oxygen atoms in total. The molecule has 1 heterocycles. The maximum absolute atomic E-state index is 13.6. The number of hydrogen-bond acceptors (Lipinski definition) is 6. The molecule has 5 rings (SSSR count). The van der Waals surface area contributed by atoms with Crippen LogP contribution in [0.5, 0.6) is 0 Å². The molecule has 2 aliphatic carbocycles. The van der Waals surface area contributed by atoms with Crippen molar-refractivity contribution in [1.82, 2.24) is 0 Å². The summed E-state index contributed by atoms with van der Waals surface area (Å²) in [5.74, 6) is -1.05. The van der Waals surface area contributed by atoms with Gasteiger partial charge in [-0.2, -0.15) is 0 Å². The van der Waals surface area contributed by atoms with E-state index in [1.165, 1.54) is 6.07 Å². The number of carbonyl (C=O) groups is 2. The molecule has 3 aromatic rings. The molecule has 0 saturated heterocycles. The first-order valence-corrected chi connectivity index (χ1v) is 12.3. The molecule has 2 aromatic carbocycles. The van der Waals surface area contributed by atoms with Gasteiger partial charge in [0, 0.05) is 22.9 Å². The summed E-state index contributed by atoms with van der Waals surface area (Å²) < 4.78 is 5.23. The van der Waals surface area contributed by atoms with E-state index in [4.69, 9.17) is 32.5 Å². The lowest BCUT2D eigenvalue weighted by Crippen LogP contribution is -2.43. The maximum atomic E-state index is 13.6. The van der Waals surface area contributed by atoms with Crippen LogP contribution in [0.4, 0.5) is 5.69 Å². The van der Waals surface area contributed by atoms with Gasteiger partial charge in [-0.3, -0.25) is 4.79 Å². The van der Waals surface area contributed by atoms with Gasteiger partial charge in [-0.05, 0) is 48.6 Å². The van der Waals surface area contributed by atoms with Gasteiger partial charge in [0.15, 0.2) is 0 Å². The van der Waals surface area contributed by atoms with Crippen molar-refractivity contribution in [2.75, 3.05) is 5.32 Å². The summed E-state index contributed by atoms with van der Waals surface area (Å²) in [7, 11) is 0. The minimum atomic E-state index is -0.902. The molecular formula is C27H24Cl2N2O5. The predicted molar refractivity (Wildman–Crippen MR) is 139 cm³/mol. The number of benzene rings is 2. The van der Waals surface area contributed by atoms with E-state index in [9.17, 15) is 14.4 Å². The molecule has 36 heavy (non-hydrogen) atoms. The first-order chi connectivity index (χ1) is 17.0. The summed E-state index contributed by atoms with van der Waals surface area (Å²) in [6.07, 6.45) is 1.68. The van der Waals surface area contributed by atoms with E-state index in [0.29, 0.717) is 51.7 Å². The van der Waals surface area contributed by atoms with E-state index in [0.717, 1.165) is 0 Å². The normalized spacial score (nSPS) is 25.3. The Hall–Kier alpha value is -3.16. The summed E-state index contributed by atoms with van der Waals surface area (Å²) in [6.45, 7) is 6.11. The molecule has 0 aliphatic heterocycles. The van der Waals surface area contributed by atoms with Crippen molar-refractivity contribution >= 4 is 57.4 Å². The van der Waals surface area contributed by atoms with E-state index in [1.54, 1.807) is 42.5 Å². The second-order valence-electron chi connectivity index (χ2n) is 10.2. The lowest BCUT2D eigenvalue weighted by Gasteiger charge is -2.39. The van der Waals surface area contributed by atoms with Crippen LogP contribution >= 0.6 is 23.2 Å². The smallest absolute Gasteiger partial charge is 0.373 e. The number of hydrogen-bond donors (Lipinski definition) is 1. The summed E-state index contributed by atoms with van der Waals surface area (Å²) in [6, 6.07) is 13.3. The molecule has 9 heteroatoms. The molecule has 1 N–H and O–H groups in total. The number of fused-ring (bicyclic) bond motifs is 3. The molecule has 2 saturated carbocycles. The van der Waals surface area contributed by atoms with E-state index in [2.05, 4.69) is 10.5 Å². The summed E-state index contributed by atoms with van der Waals surface area (Å²) in [5, 5.41) is 8.53. The van der Waals surface area contributed by atoms with E-state index < -0.39 is 27.8 Å². The summed E-state index contributed by atoms with van der Waals surface area (Å²) >= 11 is 12.1. The Morgan fingerprint density at radius 2 is 1.78 bits per heavy atom. The predicted octanol–water partition coefficient (Wildman–Crippen LogP) is 6.47. The van der Waals surface area contributed by atoms with Crippen LogP contribution in [0.3, 0.4) is 0 Å². The zero-order valence-electron chi connectivity index (χ0n) is 20.0. The lowest BCUT2D eigenvalue weighted by atomic mass is 9.64. The van der Waals surface area contributed by atoms with Gasteiger partial charge in [-0.1, -0.05) is 67.3 Å².